The first-order valence-corrected chi connectivity index (χ1v) is 6.66. The van der Waals surface area contributed by atoms with E-state index in [1.54, 1.807) is 12.0 Å². The second kappa shape index (κ2) is 7.79. The summed E-state index contributed by atoms with van der Waals surface area (Å²) in [5, 5.41) is 3.04. The zero-order valence-electron chi connectivity index (χ0n) is 12.3. The van der Waals surface area contributed by atoms with E-state index in [0.717, 1.165) is 24.3 Å². The molecule has 4 heteroatoms. The second-order valence-corrected chi connectivity index (χ2v) is 4.66. The zero-order chi connectivity index (χ0) is 14.3. The number of methoxy groups -OCH3 is 1. The number of amides is 1. The minimum absolute atomic E-state index is 0.119. The summed E-state index contributed by atoms with van der Waals surface area (Å²) in [5.41, 5.74) is 2.35. The lowest BCUT2D eigenvalue weighted by Gasteiger charge is -2.18. The molecule has 0 aliphatic heterocycles. The highest BCUT2D eigenvalue weighted by atomic mass is 16.5. The van der Waals surface area contributed by atoms with Crippen LogP contribution >= 0.6 is 0 Å². The van der Waals surface area contributed by atoms with Gasteiger partial charge in [0.15, 0.2) is 0 Å². The summed E-state index contributed by atoms with van der Waals surface area (Å²) >= 11 is 0. The van der Waals surface area contributed by atoms with E-state index in [-0.39, 0.29) is 5.91 Å². The summed E-state index contributed by atoms with van der Waals surface area (Å²) in [6.07, 6.45) is 0.805. The highest BCUT2D eigenvalue weighted by Crippen LogP contribution is 2.20. The number of rotatable bonds is 7. The van der Waals surface area contributed by atoms with E-state index < -0.39 is 0 Å². The Morgan fingerprint density at radius 2 is 2.16 bits per heavy atom. The molecule has 0 saturated heterocycles. The van der Waals surface area contributed by atoms with E-state index in [2.05, 4.69) is 18.3 Å². The molecule has 0 radical (unpaired) electrons. The maximum atomic E-state index is 11.8. The summed E-state index contributed by atoms with van der Waals surface area (Å²) in [6, 6.07) is 6.12. The van der Waals surface area contributed by atoms with Gasteiger partial charge in [-0.1, -0.05) is 24.6 Å². The topological polar surface area (TPSA) is 41.6 Å². The van der Waals surface area contributed by atoms with Gasteiger partial charge in [-0.25, -0.2) is 0 Å². The summed E-state index contributed by atoms with van der Waals surface area (Å²) in [6.45, 7) is 5.96. The van der Waals surface area contributed by atoms with E-state index in [4.69, 9.17) is 4.74 Å². The van der Waals surface area contributed by atoms with E-state index >= 15 is 0 Å². The average molecular weight is 264 g/mol. The molecule has 0 saturated carbocycles. The monoisotopic (exact) mass is 264 g/mol. The SMILES string of the molecule is CCNCC(=O)N(C)CCc1cc(C)ccc1OC. The molecule has 1 aromatic rings. The molecule has 0 spiro atoms. The van der Waals surface area contributed by atoms with Crippen LogP contribution in [0.1, 0.15) is 18.1 Å². The summed E-state index contributed by atoms with van der Waals surface area (Å²) < 4.78 is 5.34. The molecule has 1 aromatic carbocycles. The maximum Gasteiger partial charge on any atom is 0.236 e. The molecule has 0 unspecified atom stereocenters. The molecule has 106 valence electrons. The maximum absolute atomic E-state index is 11.8. The van der Waals surface area contributed by atoms with Crippen molar-refractivity contribution >= 4 is 5.91 Å². The smallest absolute Gasteiger partial charge is 0.236 e. The fourth-order valence-corrected chi connectivity index (χ4v) is 1.88. The lowest BCUT2D eigenvalue weighted by atomic mass is 10.1. The Hall–Kier alpha value is -1.55. The third-order valence-electron chi connectivity index (χ3n) is 3.10. The number of benzene rings is 1. The number of hydrogen-bond donors (Lipinski definition) is 1. The van der Waals surface area contributed by atoms with Gasteiger partial charge < -0.3 is 15.0 Å². The molecule has 0 aliphatic carbocycles. The molecule has 0 bridgehead atoms. The van der Waals surface area contributed by atoms with Gasteiger partial charge in [-0.05, 0) is 31.5 Å². The van der Waals surface area contributed by atoms with Crippen LogP contribution in [-0.2, 0) is 11.2 Å². The number of carbonyl (C=O) groups excluding carboxylic acids is 1. The molecular formula is C15H24N2O2. The minimum Gasteiger partial charge on any atom is -0.496 e. The van der Waals surface area contributed by atoms with Crippen molar-refractivity contribution in [3.63, 3.8) is 0 Å². The van der Waals surface area contributed by atoms with Crippen molar-refractivity contribution in [1.82, 2.24) is 10.2 Å². The predicted octanol–water partition coefficient (Wildman–Crippen LogP) is 1.61. The Kier molecular flexibility index (Phi) is 6.36. The van der Waals surface area contributed by atoms with E-state index in [0.29, 0.717) is 13.1 Å². The van der Waals surface area contributed by atoms with Gasteiger partial charge in [-0.2, -0.15) is 0 Å². The third-order valence-corrected chi connectivity index (χ3v) is 3.10. The first kappa shape index (κ1) is 15.5. The fourth-order valence-electron chi connectivity index (χ4n) is 1.88. The number of aryl methyl sites for hydroxylation is 1. The second-order valence-electron chi connectivity index (χ2n) is 4.66. The quantitative estimate of drug-likeness (QED) is 0.813. The standard InChI is InChI=1S/C15H24N2O2/c1-5-16-11-15(18)17(3)9-8-13-10-12(2)6-7-14(13)19-4/h6-7,10,16H,5,8-9,11H2,1-4H3. The largest absolute Gasteiger partial charge is 0.496 e. The van der Waals surface area contributed by atoms with Crippen molar-refractivity contribution < 1.29 is 9.53 Å². The Morgan fingerprint density at radius 3 is 2.79 bits per heavy atom. The lowest BCUT2D eigenvalue weighted by molar-refractivity contribution is -0.128. The van der Waals surface area contributed by atoms with Crippen molar-refractivity contribution in [3.05, 3.63) is 29.3 Å². The number of nitrogens with zero attached hydrogens (tertiary/aromatic N) is 1. The molecule has 19 heavy (non-hydrogen) atoms. The highest BCUT2D eigenvalue weighted by molar-refractivity contribution is 5.77. The van der Waals surface area contributed by atoms with E-state index in [1.807, 2.05) is 26.1 Å². The summed E-state index contributed by atoms with van der Waals surface area (Å²) in [5.74, 6) is 1.01. The zero-order valence-corrected chi connectivity index (χ0v) is 12.3. The van der Waals surface area contributed by atoms with Crippen LogP contribution in [0.3, 0.4) is 0 Å². The normalized spacial score (nSPS) is 10.3. The molecule has 0 fully saturated rings. The number of hydrogen-bond acceptors (Lipinski definition) is 3. The van der Waals surface area contributed by atoms with Crippen LogP contribution in [0, 0.1) is 6.92 Å². The molecule has 1 N–H and O–H groups in total. The van der Waals surface area contributed by atoms with Gasteiger partial charge in [0, 0.05) is 13.6 Å². The Labute approximate surface area is 115 Å². The first-order valence-electron chi connectivity index (χ1n) is 6.66. The molecule has 0 atom stereocenters. The number of carbonyl (C=O) groups is 1. The van der Waals surface area contributed by atoms with E-state index in [1.165, 1.54) is 5.56 Å². The number of ether oxygens (including phenoxy) is 1. The van der Waals surface area contributed by atoms with Gasteiger partial charge in [-0.15, -0.1) is 0 Å². The van der Waals surface area contributed by atoms with Gasteiger partial charge in [0.2, 0.25) is 5.91 Å². The van der Waals surface area contributed by atoms with Crippen molar-refractivity contribution in [3.8, 4) is 5.75 Å². The summed E-state index contributed by atoms with van der Waals surface area (Å²) in [7, 11) is 3.51. The lowest BCUT2D eigenvalue weighted by Crippen LogP contribution is -2.36. The molecule has 4 nitrogen and oxygen atoms in total. The Morgan fingerprint density at radius 1 is 1.42 bits per heavy atom. The van der Waals surface area contributed by atoms with Gasteiger partial charge >= 0.3 is 0 Å². The van der Waals surface area contributed by atoms with Crippen LogP contribution in [-0.4, -0.2) is 44.6 Å². The van der Waals surface area contributed by atoms with Gasteiger partial charge in [0.1, 0.15) is 5.75 Å². The van der Waals surface area contributed by atoms with Crippen LogP contribution in [0.15, 0.2) is 18.2 Å². The number of likely N-dealkylation sites (N-methyl/N-ethyl adjacent to an activating group) is 2. The van der Waals surface area contributed by atoms with Crippen molar-refractivity contribution in [2.24, 2.45) is 0 Å². The Bertz CT molecular complexity index is 419. The highest BCUT2D eigenvalue weighted by Gasteiger charge is 2.09. The summed E-state index contributed by atoms with van der Waals surface area (Å²) in [4.78, 5) is 13.5. The van der Waals surface area contributed by atoms with Crippen LogP contribution in [0.2, 0.25) is 0 Å². The third kappa shape index (κ3) is 4.91. The Balaban J connectivity index is 2.56. The van der Waals surface area contributed by atoms with Crippen molar-refractivity contribution in [2.45, 2.75) is 20.3 Å². The van der Waals surface area contributed by atoms with E-state index in [9.17, 15) is 4.79 Å². The van der Waals surface area contributed by atoms with Crippen molar-refractivity contribution in [1.29, 1.82) is 0 Å². The van der Waals surface area contributed by atoms with Crippen molar-refractivity contribution in [2.75, 3.05) is 33.8 Å². The number of nitrogens with one attached hydrogen (secondary N) is 1. The van der Waals surface area contributed by atoms with Crippen LogP contribution in [0.5, 0.6) is 5.75 Å². The molecule has 0 heterocycles. The van der Waals surface area contributed by atoms with Gasteiger partial charge in [0.05, 0.1) is 13.7 Å². The van der Waals surface area contributed by atoms with Gasteiger partial charge in [0.25, 0.3) is 0 Å². The fraction of sp³-hybridized carbons (Fsp3) is 0.533. The molecular weight excluding hydrogens is 240 g/mol. The van der Waals surface area contributed by atoms with Crippen LogP contribution in [0.25, 0.3) is 0 Å². The molecule has 0 aromatic heterocycles. The first-order chi connectivity index (χ1) is 9.08. The molecule has 0 aliphatic rings. The molecule has 1 rings (SSSR count). The van der Waals surface area contributed by atoms with Crippen LogP contribution in [0.4, 0.5) is 0 Å². The average Bonchev–Trinajstić information content (AvgIpc) is 2.42. The predicted molar refractivity (Wildman–Crippen MR) is 77.6 cm³/mol. The minimum atomic E-state index is 0.119. The molecule has 1 amide bonds. The van der Waals surface area contributed by atoms with Crippen LogP contribution < -0.4 is 10.1 Å². The van der Waals surface area contributed by atoms with Gasteiger partial charge in [-0.3, -0.25) is 4.79 Å².